The molecule has 0 aliphatic carbocycles. The van der Waals surface area contributed by atoms with Crippen LogP contribution in [0.25, 0.3) is 0 Å². The third-order valence-corrected chi connectivity index (χ3v) is 10.3. The van der Waals surface area contributed by atoms with Gasteiger partial charge in [0.1, 0.15) is 0 Å². The lowest BCUT2D eigenvalue weighted by molar-refractivity contribution is 0.545. The highest BCUT2D eigenvalue weighted by atomic mass is 28.4. The van der Waals surface area contributed by atoms with Crippen molar-refractivity contribution in [2.75, 3.05) is 0 Å². The lowest BCUT2D eigenvalue weighted by Crippen LogP contribution is -2.44. The van der Waals surface area contributed by atoms with Crippen molar-refractivity contribution in [3.8, 4) is 0 Å². The molecular formula is C16H34OSi2. The molecule has 0 saturated carbocycles. The van der Waals surface area contributed by atoms with Crippen LogP contribution in [0.1, 0.15) is 40.5 Å². The van der Waals surface area contributed by atoms with Gasteiger partial charge < -0.3 is 4.12 Å². The molecule has 0 saturated heterocycles. The van der Waals surface area contributed by atoms with E-state index in [9.17, 15) is 0 Å². The summed E-state index contributed by atoms with van der Waals surface area (Å²) in [5, 5.41) is 0. The molecule has 0 aromatic carbocycles. The van der Waals surface area contributed by atoms with E-state index in [0.717, 1.165) is 12.8 Å². The highest BCUT2D eigenvalue weighted by molar-refractivity contribution is 6.85. The first-order chi connectivity index (χ1) is 8.62. The normalized spacial score (nSPS) is 14.9. The minimum absolute atomic E-state index is 1.13. The van der Waals surface area contributed by atoms with Crippen molar-refractivity contribution in [1.29, 1.82) is 0 Å². The molecule has 0 amide bonds. The Morgan fingerprint density at radius 2 is 1.11 bits per heavy atom. The van der Waals surface area contributed by atoms with E-state index in [1.807, 2.05) is 0 Å². The first-order valence-electron chi connectivity index (χ1n) is 7.63. The first-order valence-corrected chi connectivity index (χ1v) is 13.9. The van der Waals surface area contributed by atoms with E-state index in [1.165, 1.54) is 23.2 Å². The third-order valence-electron chi connectivity index (χ3n) is 3.07. The highest BCUT2D eigenvalue weighted by Crippen LogP contribution is 2.26. The second-order valence-electron chi connectivity index (χ2n) is 6.89. The van der Waals surface area contributed by atoms with Crippen molar-refractivity contribution in [2.24, 2.45) is 0 Å². The molecule has 0 rings (SSSR count). The van der Waals surface area contributed by atoms with Crippen LogP contribution in [0.2, 0.25) is 38.3 Å². The molecule has 0 heterocycles. The van der Waals surface area contributed by atoms with Gasteiger partial charge in [0.15, 0.2) is 16.6 Å². The zero-order valence-corrected chi connectivity index (χ0v) is 16.4. The van der Waals surface area contributed by atoms with Crippen molar-refractivity contribution in [3.63, 3.8) is 0 Å². The van der Waals surface area contributed by atoms with Gasteiger partial charge in [-0.1, -0.05) is 37.1 Å². The van der Waals surface area contributed by atoms with Gasteiger partial charge in [-0.15, -0.1) is 0 Å². The molecular weight excluding hydrogens is 264 g/mol. The van der Waals surface area contributed by atoms with Gasteiger partial charge in [-0.3, -0.25) is 0 Å². The van der Waals surface area contributed by atoms with Gasteiger partial charge in [0, 0.05) is 0 Å². The summed E-state index contributed by atoms with van der Waals surface area (Å²) in [6, 6.07) is 2.35. The second kappa shape index (κ2) is 8.23. The molecule has 0 bridgehead atoms. The monoisotopic (exact) mass is 298 g/mol. The summed E-state index contributed by atoms with van der Waals surface area (Å²) in [6.07, 6.45) is 6.95. The molecule has 0 aliphatic rings. The van der Waals surface area contributed by atoms with Gasteiger partial charge in [0.2, 0.25) is 0 Å². The summed E-state index contributed by atoms with van der Waals surface area (Å²) in [4.78, 5) is 0. The summed E-state index contributed by atoms with van der Waals surface area (Å²) in [7, 11) is -3.13. The summed E-state index contributed by atoms with van der Waals surface area (Å²) in [6.45, 7) is 18.4. The topological polar surface area (TPSA) is 9.23 Å². The van der Waals surface area contributed by atoms with Crippen molar-refractivity contribution >= 4 is 16.6 Å². The Kier molecular flexibility index (Phi) is 8.17. The van der Waals surface area contributed by atoms with E-state index in [0.29, 0.717) is 0 Å². The molecule has 0 radical (unpaired) electrons. The fraction of sp³-hybridized carbons (Fsp3) is 0.750. The quantitative estimate of drug-likeness (QED) is 0.387. The van der Waals surface area contributed by atoms with Crippen molar-refractivity contribution in [1.82, 2.24) is 0 Å². The predicted octanol–water partition coefficient (Wildman–Crippen LogP) is 6.13. The maximum absolute atomic E-state index is 6.66. The van der Waals surface area contributed by atoms with Crippen LogP contribution in [-0.2, 0) is 4.12 Å². The molecule has 3 heteroatoms. The summed E-state index contributed by atoms with van der Waals surface area (Å²) < 4.78 is 6.66. The van der Waals surface area contributed by atoms with Crippen LogP contribution in [0.15, 0.2) is 23.3 Å². The van der Waals surface area contributed by atoms with Gasteiger partial charge in [-0.25, -0.2) is 0 Å². The number of rotatable bonds is 8. The van der Waals surface area contributed by atoms with Crippen molar-refractivity contribution < 1.29 is 4.12 Å². The highest BCUT2D eigenvalue weighted by Gasteiger charge is 2.33. The van der Waals surface area contributed by atoms with Crippen molar-refractivity contribution in [3.05, 3.63) is 23.3 Å². The van der Waals surface area contributed by atoms with Crippen LogP contribution >= 0.6 is 0 Å². The average Bonchev–Trinajstić information content (AvgIpc) is 2.13. The molecule has 112 valence electrons. The van der Waals surface area contributed by atoms with Crippen LogP contribution in [-0.4, -0.2) is 16.6 Å². The molecule has 0 fully saturated rings. The molecule has 0 atom stereocenters. The van der Waals surface area contributed by atoms with Crippen molar-refractivity contribution in [2.45, 2.75) is 78.8 Å². The largest absolute Gasteiger partial charge is 0.455 e. The fourth-order valence-corrected chi connectivity index (χ4v) is 12.5. The summed E-state index contributed by atoms with van der Waals surface area (Å²) in [5.41, 5.74) is 3.01. The Hall–Kier alpha value is -0.126. The first kappa shape index (κ1) is 18.9. The molecule has 0 N–H and O–H groups in total. The van der Waals surface area contributed by atoms with E-state index >= 15 is 0 Å². The smallest absolute Gasteiger partial charge is 0.177 e. The number of allylic oxidation sites excluding steroid dienone is 4. The Morgan fingerprint density at radius 1 is 0.789 bits per heavy atom. The molecule has 1 nitrogen and oxygen atoms in total. The maximum Gasteiger partial charge on any atom is 0.177 e. The lowest BCUT2D eigenvalue weighted by Gasteiger charge is -2.34. The van der Waals surface area contributed by atoms with Crippen LogP contribution in [0.3, 0.4) is 0 Å². The number of hydrogen-bond donors (Lipinski definition) is 0. The predicted molar refractivity (Wildman–Crippen MR) is 93.8 cm³/mol. The van der Waals surface area contributed by atoms with Crippen LogP contribution < -0.4 is 0 Å². The lowest BCUT2D eigenvalue weighted by atomic mass is 10.3. The zero-order chi connectivity index (χ0) is 15.1. The average molecular weight is 299 g/mol. The Bertz CT molecular complexity index is 296. The fourth-order valence-electron chi connectivity index (χ4n) is 3.00. The zero-order valence-electron chi connectivity index (χ0n) is 14.4. The Balaban J connectivity index is 4.62. The van der Waals surface area contributed by atoms with E-state index in [1.54, 1.807) is 0 Å². The van der Waals surface area contributed by atoms with E-state index < -0.39 is 16.6 Å². The summed E-state index contributed by atoms with van der Waals surface area (Å²) >= 11 is 0. The molecule has 0 spiro atoms. The minimum atomic E-state index is -1.56. The van der Waals surface area contributed by atoms with Crippen LogP contribution in [0, 0.1) is 0 Å². The molecule has 0 aliphatic heterocycles. The Morgan fingerprint density at radius 3 is 1.37 bits per heavy atom. The van der Waals surface area contributed by atoms with Crippen LogP contribution in [0.4, 0.5) is 0 Å². The Labute approximate surface area is 123 Å². The molecule has 19 heavy (non-hydrogen) atoms. The maximum atomic E-state index is 6.66. The van der Waals surface area contributed by atoms with Crippen LogP contribution in [0.5, 0.6) is 0 Å². The van der Waals surface area contributed by atoms with Gasteiger partial charge in [0.05, 0.1) is 0 Å². The van der Waals surface area contributed by atoms with Gasteiger partial charge in [-0.05, 0) is 65.0 Å². The SMILES string of the molecule is CCC=C(C)C[Si](C)(C)O[Si](C)(C)CC(C)=CCC. The molecule has 0 unspecified atom stereocenters. The number of hydrogen-bond acceptors (Lipinski definition) is 1. The second-order valence-corrected chi connectivity index (χ2v) is 15.5. The third kappa shape index (κ3) is 9.41. The van der Waals surface area contributed by atoms with E-state index in [4.69, 9.17) is 4.12 Å². The molecule has 0 aromatic rings. The molecule has 0 aromatic heterocycles. The summed E-state index contributed by atoms with van der Waals surface area (Å²) in [5.74, 6) is 0. The standard InChI is InChI=1S/C16H34OSi2/c1-9-11-15(3)13-18(5,6)17-19(7,8)14-16(4)12-10-2/h11-12H,9-10,13-14H2,1-8H3. The van der Waals surface area contributed by atoms with Gasteiger partial charge >= 0.3 is 0 Å². The van der Waals surface area contributed by atoms with Gasteiger partial charge in [-0.2, -0.15) is 0 Å². The minimum Gasteiger partial charge on any atom is -0.455 e. The van der Waals surface area contributed by atoms with E-state index in [-0.39, 0.29) is 0 Å². The van der Waals surface area contributed by atoms with E-state index in [2.05, 4.69) is 66.0 Å². The van der Waals surface area contributed by atoms with Gasteiger partial charge in [0.25, 0.3) is 0 Å².